The molecular formula is C44H71N3O. The molecule has 0 bridgehead atoms. The van der Waals surface area contributed by atoms with Crippen LogP contribution in [-0.2, 0) is 10.8 Å². The van der Waals surface area contributed by atoms with E-state index in [2.05, 4.69) is 132 Å². The molecule has 0 aliphatic carbocycles. The summed E-state index contributed by atoms with van der Waals surface area (Å²) in [5.41, 5.74) is 5.30. The van der Waals surface area contributed by atoms with Crippen LogP contribution in [0.5, 0.6) is 5.75 Å². The van der Waals surface area contributed by atoms with Crippen molar-refractivity contribution in [1.29, 1.82) is 0 Å². The van der Waals surface area contributed by atoms with Crippen molar-refractivity contribution < 1.29 is 4.74 Å². The van der Waals surface area contributed by atoms with E-state index in [9.17, 15) is 0 Å². The molecule has 3 saturated heterocycles. The molecule has 0 unspecified atom stereocenters. The SMILES string of the molecule is CC(C)(CCC(C)(C)c1ccc(OCCN2CC(C3CCN(C(C)(C)C)CC3)C2)cc1)CC1CCN(c2ccc(C(C)(C)C)cc2)CC1. The number of hydrogen-bond donors (Lipinski definition) is 0. The maximum atomic E-state index is 6.21. The number of likely N-dealkylation sites (tertiary alicyclic amines) is 2. The number of piperidine rings is 2. The Kier molecular flexibility index (Phi) is 11.7. The fourth-order valence-electron chi connectivity index (χ4n) is 8.67. The number of ether oxygens (including phenoxy) is 1. The highest BCUT2D eigenvalue weighted by Crippen LogP contribution is 2.40. The maximum absolute atomic E-state index is 6.21. The molecule has 0 spiro atoms. The summed E-state index contributed by atoms with van der Waals surface area (Å²) < 4.78 is 6.21. The lowest BCUT2D eigenvalue weighted by Gasteiger charge is -2.48. The van der Waals surface area contributed by atoms with Gasteiger partial charge in [0.2, 0.25) is 0 Å². The number of anilines is 1. The molecule has 3 heterocycles. The van der Waals surface area contributed by atoms with Crippen LogP contribution >= 0.6 is 0 Å². The number of hydrogen-bond acceptors (Lipinski definition) is 4. The fraction of sp³-hybridized carbons (Fsp3) is 0.727. The third kappa shape index (κ3) is 10.0. The first kappa shape index (κ1) is 37.2. The molecule has 0 N–H and O–H groups in total. The van der Waals surface area contributed by atoms with E-state index in [1.165, 1.54) is 101 Å². The van der Waals surface area contributed by atoms with Gasteiger partial charge in [0, 0.05) is 44.0 Å². The normalized spacial score (nSPS) is 20.2. The summed E-state index contributed by atoms with van der Waals surface area (Å²) in [6, 6.07) is 18.4. The summed E-state index contributed by atoms with van der Waals surface area (Å²) in [4.78, 5) is 7.86. The summed E-state index contributed by atoms with van der Waals surface area (Å²) in [5, 5.41) is 0. The third-order valence-electron chi connectivity index (χ3n) is 12.4. The Morgan fingerprint density at radius 3 is 1.79 bits per heavy atom. The molecule has 4 heteroatoms. The Bertz CT molecular complexity index is 1260. The zero-order valence-electron chi connectivity index (χ0n) is 32.7. The zero-order chi connectivity index (χ0) is 34.7. The summed E-state index contributed by atoms with van der Waals surface area (Å²) in [6.45, 7) is 33.1. The van der Waals surface area contributed by atoms with E-state index in [0.29, 0.717) is 11.0 Å². The molecule has 2 aromatic carbocycles. The van der Waals surface area contributed by atoms with E-state index in [4.69, 9.17) is 4.74 Å². The van der Waals surface area contributed by atoms with Crippen LogP contribution in [0.15, 0.2) is 48.5 Å². The predicted molar refractivity (Wildman–Crippen MR) is 207 cm³/mol. The first-order valence-electron chi connectivity index (χ1n) is 19.5. The smallest absolute Gasteiger partial charge is 0.119 e. The van der Waals surface area contributed by atoms with Crippen LogP contribution in [0.2, 0.25) is 0 Å². The van der Waals surface area contributed by atoms with Crippen molar-refractivity contribution in [2.24, 2.45) is 23.2 Å². The topological polar surface area (TPSA) is 19.0 Å². The molecule has 0 amide bonds. The van der Waals surface area contributed by atoms with Crippen molar-refractivity contribution in [1.82, 2.24) is 9.80 Å². The minimum atomic E-state index is 0.161. The molecule has 0 saturated carbocycles. The van der Waals surface area contributed by atoms with Gasteiger partial charge in [0.05, 0.1) is 0 Å². The first-order chi connectivity index (χ1) is 22.5. The Morgan fingerprint density at radius 2 is 1.23 bits per heavy atom. The van der Waals surface area contributed by atoms with E-state index in [1.807, 2.05) is 0 Å². The second kappa shape index (κ2) is 15.1. The van der Waals surface area contributed by atoms with Crippen molar-refractivity contribution in [3.8, 4) is 5.75 Å². The van der Waals surface area contributed by atoms with E-state index in [-0.39, 0.29) is 10.8 Å². The first-order valence-corrected chi connectivity index (χ1v) is 19.5. The van der Waals surface area contributed by atoms with Gasteiger partial charge < -0.3 is 9.64 Å². The van der Waals surface area contributed by atoms with Crippen molar-refractivity contribution in [2.75, 3.05) is 57.3 Å². The average Bonchev–Trinajstić information content (AvgIpc) is 3.01. The molecule has 3 aliphatic heterocycles. The molecular weight excluding hydrogens is 587 g/mol. The Hall–Kier alpha value is -2.04. The van der Waals surface area contributed by atoms with Gasteiger partial charge in [-0.05, 0) is 148 Å². The van der Waals surface area contributed by atoms with Crippen LogP contribution in [0.1, 0.15) is 125 Å². The lowest BCUT2D eigenvalue weighted by molar-refractivity contribution is 0.00458. The van der Waals surface area contributed by atoms with Crippen LogP contribution in [0.25, 0.3) is 0 Å². The van der Waals surface area contributed by atoms with Crippen molar-refractivity contribution in [3.05, 3.63) is 59.7 Å². The quantitative estimate of drug-likeness (QED) is 0.226. The summed E-state index contributed by atoms with van der Waals surface area (Å²) in [6.07, 6.45) is 9.18. The van der Waals surface area contributed by atoms with Gasteiger partial charge in [0.15, 0.2) is 0 Å². The van der Waals surface area contributed by atoms with E-state index in [1.54, 1.807) is 0 Å². The van der Waals surface area contributed by atoms with E-state index >= 15 is 0 Å². The number of rotatable bonds is 12. The molecule has 0 radical (unpaired) electrons. The molecule has 3 fully saturated rings. The van der Waals surface area contributed by atoms with Crippen LogP contribution in [0.4, 0.5) is 5.69 Å². The van der Waals surface area contributed by atoms with Gasteiger partial charge in [0.1, 0.15) is 12.4 Å². The molecule has 48 heavy (non-hydrogen) atoms. The number of benzene rings is 2. The predicted octanol–water partition coefficient (Wildman–Crippen LogP) is 10.2. The number of nitrogens with zero attached hydrogens (tertiary/aromatic N) is 3. The Labute approximate surface area is 296 Å². The molecule has 3 aliphatic rings. The highest BCUT2D eigenvalue weighted by molar-refractivity contribution is 5.49. The second-order valence-electron chi connectivity index (χ2n) is 19.4. The minimum absolute atomic E-state index is 0.161. The lowest BCUT2D eigenvalue weighted by atomic mass is 9.71. The van der Waals surface area contributed by atoms with Gasteiger partial charge in [-0.2, -0.15) is 0 Å². The van der Waals surface area contributed by atoms with Gasteiger partial charge in [-0.15, -0.1) is 0 Å². The highest BCUT2D eigenvalue weighted by Gasteiger charge is 2.37. The van der Waals surface area contributed by atoms with Crippen LogP contribution in [-0.4, -0.2) is 67.8 Å². The second-order valence-corrected chi connectivity index (χ2v) is 19.4. The van der Waals surface area contributed by atoms with Crippen molar-refractivity contribution >= 4 is 5.69 Å². The van der Waals surface area contributed by atoms with Crippen molar-refractivity contribution in [2.45, 2.75) is 131 Å². The zero-order valence-corrected chi connectivity index (χ0v) is 32.7. The summed E-state index contributed by atoms with van der Waals surface area (Å²) in [7, 11) is 0. The molecule has 5 rings (SSSR count). The van der Waals surface area contributed by atoms with Gasteiger partial charge in [-0.3, -0.25) is 9.80 Å². The Morgan fingerprint density at radius 1 is 0.646 bits per heavy atom. The fourth-order valence-corrected chi connectivity index (χ4v) is 8.67. The van der Waals surface area contributed by atoms with Gasteiger partial charge >= 0.3 is 0 Å². The molecule has 0 atom stereocenters. The van der Waals surface area contributed by atoms with Crippen LogP contribution in [0.3, 0.4) is 0 Å². The molecule has 2 aromatic rings. The summed E-state index contributed by atoms with van der Waals surface area (Å²) in [5.74, 6) is 3.66. The van der Waals surface area contributed by atoms with Gasteiger partial charge in [0.25, 0.3) is 0 Å². The molecule has 0 aromatic heterocycles. The van der Waals surface area contributed by atoms with Gasteiger partial charge in [-0.1, -0.05) is 72.7 Å². The molecule has 4 nitrogen and oxygen atoms in total. The highest BCUT2D eigenvalue weighted by atomic mass is 16.5. The Balaban J connectivity index is 0.982. The summed E-state index contributed by atoms with van der Waals surface area (Å²) >= 11 is 0. The maximum Gasteiger partial charge on any atom is 0.119 e. The largest absolute Gasteiger partial charge is 0.492 e. The molecule has 268 valence electrons. The van der Waals surface area contributed by atoms with Crippen molar-refractivity contribution in [3.63, 3.8) is 0 Å². The van der Waals surface area contributed by atoms with Gasteiger partial charge in [-0.25, -0.2) is 0 Å². The third-order valence-corrected chi connectivity index (χ3v) is 12.4. The lowest BCUT2D eigenvalue weighted by Crippen LogP contribution is -2.54. The standard InChI is InChI=1S/C44H71N3O/c1-41(2,3)37-11-15-39(16-12-37)46-25-19-34(20-26-46)31-43(7,8)23-24-44(9,10)38-13-17-40(18-14-38)48-30-29-45-32-36(33-45)35-21-27-47(28-22-35)42(4,5)6/h11-18,34-36H,19-33H2,1-10H3. The van der Waals surface area contributed by atoms with E-state index < -0.39 is 0 Å². The van der Waals surface area contributed by atoms with Crippen LogP contribution < -0.4 is 9.64 Å². The van der Waals surface area contributed by atoms with Crippen LogP contribution in [0, 0.1) is 23.2 Å². The monoisotopic (exact) mass is 658 g/mol. The minimum Gasteiger partial charge on any atom is -0.492 e. The average molecular weight is 658 g/mol. The van der Waals surface area contributed by atoms with E-state index in [0.717, 1.165) is 36.7 Å².